The summed E-state index contributed by atoms with van der Waals surface area (Å²) in [6, 6.07) is 1.23. The van der Waals surface area contributed by atoms with Crippen molar-refractivity contribution in [3.8, 4) is 0 Å². The zero-order chi connectivity index (χ0) is 12.9. The van der Waals surface area contributed by atoms with Crippen molar-refractivity contribution in [1.82, 2.24) is 9.62 Å². The number of sulfonamides is 1. The van der Waals surface area contributed by atoms with Crippen LogP contribution in [0.25, 0.3) is 0 Å². The number of fused-ring (bicyclic) bond motifs is 1. The van der Waals surface area contributed by atoms with Gasteiger partial charge in [-0.05, 0) is 22.0 Å². The number of nitrogens with one attached hydrogen (secondary N) is 1. The summed E-state index contributed by atoms with van der Waals surface area (Å²) < 4.78 is 36.1. The van der Waals surface area contributed by atoms with Gasteiger partial charge in [0.25, 0.3) is 10.0 Å². The lowest BCUT2D eigenvalue weighted by Gasteiger charge is -2.15. The minimum atomic E-state index is -3.70. The summed E-state index contributed by atoms with van der Waals surface area (Å²) in [4.78, 5) is 11.0. The van der Waals surface area contributed by atoms with Gasteiger partial charge in [0.05, 0.1) is 23.3 Å². The highest BCUT2D eigenvalue weighted by Gasteiger charge is 2.47. The SMILES string of the molecule is O=C1N[C@H]2CN(S(=O)(=O)c3occc3Br)C[C@H]2O1. The van der Waals surface area contributed by atoms with E-state index in [1.54, 1.807) is 0 Å². The zero-order valence-corrected chi connectivity index (χ0v) is 11.4. The number of hydrogen-bond donors (Lipinski definition) is 1. The number of nitrogens with zero attached hydrogens (tertiary/aromatic N) is 1. The molecule has 3 rings (SSSR count). The summed E-state index contributed by atoms with van der Waals surface area (Å²) in [5.74, 6) is 0. The first-order chi connectivity index (χ1) is 8.48. The number of carbonyl (C=O) groups excluding carboxylic acids is 1. The first-order valence-corrected chi connectivity index (χ1v) is 7.42. The lowest BCUT2D eigenvalue weighted by molar-refractivity contribution is 0.138. The number of halogens is 1. The van der Waals surface area contributed by atoms with Crippen molar-refractivity contribution in [3.05, 3.63) is 16.8 Å². The predicted octanol–water partition coefficient (Wildman–Crippen LogP) is 0.523. The van der Waals surface area contributed by atoms with E-state index in [4.69, 9.17) is 9.15 Å². The van der Waals surface area contributed by atoms with Crippen LogP contribution in [0.4, 0.5) is 4.79 Å². The Labute approximate surface area is 111 Å². The first kappa shape index (κ1) is 12.0. The molecule has 0 aliphatic carbocycles. The molecule has 98 valence electrons. The van der Waals surface area contributed by atoms with E-state index in [9.17, 15) is 13.2 Å². The van der Waals surface area contributed by atoms with Crippen molar-refractivity contribution >= 4 is 32.0 Å². The van der Waals surface area contributed by atoms with Crippen LogP contribution in [-0.4, -0.2) is 44.1 Å². The molecule has 2 saturated heterocycles. The lowest BCUT2D eigenvalue weighted by atomic mass is 10.2. The van der Waals surface area contributed by atoms with Gasteiger partial charge in [-0.15, -0.1) is 0 Å². The van der Waals surface area contributed by atoms with Gasteiger partial charge in [0, 0.05) is 6.54 Å². The first-order valence-electron chi connectivity index (χ1n) is 5.19. The molecule has 2 aliphatic heterocycles. The van der Waals surface area contributed by atoms with E-state index in [0.29, 0.717) is 4.47 Å². The summed E-state index contributed by atoms with van der Waals surface area (Å²) in [6.45, 7) is 0.324. The fourth-order valence-electron chi connectivity index (χ4n) is 2.10. The Morgan fingerprint density at radius 3 is 2.83 bits per heavy atom. The maximum atomic E-state index is 12.3. The Bertz CT molecular complexity index is 582. The van der Waals surface area contributed by atoms with Gasteiger partial charge < -0.3 is 14.5 Å². The van der Waals surface area contributed by atoms with Crippen LogP contribution in [0.5, 0.6) is 0 Å². The summed E-state index contributed by atoms with van der Waals surface area (Å²) >= 11 is 3.12. The normalized spacial score (nSPS) is 27.9. The van der Waals surface area contributed by atoms with Gasteiger partial charge in [0.1, 0.15) is 6.10 Å². The van der Waals surface area contributed by atoms with E-state index < -0.39 is 22.2 Å². The second-order valence-corrected chi connectivity index (χ2v) is 6.76. The molecule has 9 heteroatoms. The molecule has 7 nitrogen and oxygen atoms in total. The third-order valence-electron chi connectivity index (χ3n) is 2.95. The molecule has 1 N–H and O–H groups in total. The van der Waals surface area contributed by atoms with E-state index in [-0.39, 0.29) is 24.2 Å². The molecule has 0 saturated carbocycles. The summed E-state index contributed by atoms with van der Waals surface area (Å²) in [5, 5.41) is 2.44. The van der Waals surface area contributed by atoms with Crippen LogP contribution in [0.1, 0.15) is 0 Å². The molecule has 0 aromatic carbocycles. The average Bonchev–Trinajstić information content (AvgIpc) is 2.91. The quantitative estimate of drug-likeness (QED) is 0.850. The Morgan fingerprint density at radius 2 is 2.22 bits per heavy atom. The van der Waals surface area contributed by atoms with Crippen LogP contribution >= 0.6 is 15.9 Å². The van der Waals surface area contributed by atoms with Gasteiger partial charge in [0.15, 0.2) is 0 Å². The molecule has 0 bridgehead atoms. The fraction of sp³-hybridized carbons (Fsp3) is 0.444. The molecule has 0 unspecified atom stereocenters. The largest absolute Gasteiger partial charge is 0.451 e. The topological polar surface area (TPSA) is 88.9 Å². The standard InChI is InChI=1S/C9H9BrN2O5S/c10-5-1-2-16-8(5)18(14,15)12-3-6-7(4-12)17-9(13)11-6/h1-2,6-7H,3-4H2,(H,11,13)/t6-,7+/m0/s1. The molecule has 1 amide bonds. The molecule has 0 spiro atoms. The van der Waals surface area contributed by atoms with Gasteiger partial charge in [-0.1, -0.05) is 0 Å². The second kappa shape index (κ2) is 3.97. The van der Waals surface area contributed by atoms with E-state index in [0.717, 1.165) is 0 Å². The average molecular weight is 337 g/mol. The number of hydrogen-bond acceptors (Lipinski definition) is 5. The van der Waals surface area contributed by atoms with Crippen molar-refractivity contribution < 1.29 is 22.4 Å². The Hall–Kier alpha value is -1.06. The van der Waals surface area contributed by atoms with E-state index >= 15 is 0 Å². The van der Waals surface area contributed by atoms with Crippen molar-refractivity contribution in [1.29, 1.82) is 0 Å². The van der Waals surface area contributed by atoms with Crippen LogP contribution < -0.4 is 5.32 Å². The molecule has 1 aromatic heterocycles. The number of carbonyl (C=O) groups is 1. The number of ether oxygens (including phenoxy) is 1. The molecule has 1 aromatic rings. The van der Waals surface area contributed by atoms with Crippen molar-refractivity contribution in [3.63, 3.8) is 0 Å². The number of amides is 1. The van der Waals surface area contributed by atoms with Crippen LogP contribution in [0, 0.1) is 0 Å². The fourth-order valence-corrected chi connectivity index (χ4v) is 4.34. The third-order valence-corrected chi connectivity index (χ3v) is 5.60. The summed E-state index contributed by atoms with van der Waals surface area (Å²) in [5.41, 5.74) is 0. The van der Waals surface area contributed by atoms with Crippen LogP contribution in [0.15, 0.2) is 26.3 Å². The summed E-state index contributed by atoms with van der Waals surface area (Å²) in [7, 11) is -3.70. The maximum Gasteiger partial charge on any atom is 0.407 e. The Kier molecular flexibility index (Phi) is 2.65. The molecule has 0 radical (unpaired) electrons. The number of alkyl carbamates (subject to hydrolysis) is 1. The second-order valence-electron chi connectivity index (χ2n) is 4.07. The van der Waals surface area contributed by atoms with E-state index in [2.05, 4.69) is 21.2 Å². The molecular weight excluding hydrogens is 328 g/mol. The molecule has 2 aliphatic rings. The highest BCUT2D eigenvalue weighted by Crippen LogP contribution is 2.30. The third kappa shape index (κ3) is 1.73. The molecule has 3 heterocycles. The van der Waals surface area contributed by atoms with E-state index in [1.165, 1.54) is 16.6 Å². The van der Waals surface area contributed by atoms with Crippen LogP contribution in [0.3, 0.4) is 0 Å². The summed E-state index contributed by atoms with van der Waals surface area (Å²) in [6.07, 6.45) is 0.369. The smallest absolute Gasteiger partial charge is 0.407 e. The lowest BCUT2D eigenvalue weighted by Crippen LogP contribution is -2.35. The van der Waals surface area contributed by atoms with E-state index in [1.807, 2.05) is 0 Å². The Balaban J connectivity index is 1.86. The van der Waals surface area contributed by atoms with Gasteiger partial charge in [0.2, 0.25) is 5.09 Å². The highest BCUT2D eigenvalue weighted by atomic mass is 79.9. The van der Waals surface area contributed by atoms with Crippen molar-refractivity contribution in [2.24, 2.45) is 0 Å². The Morgan fingerprint density at radius 1 is 1.44 bits per heavy atom. The maximum absolute atomic E-state index is 12.3. The van der Waals surface area contributed by atoms with Gasteiger partial charge in [-0.3, -0.25) is 0 Å². The minimum Gasteiger partial charge on any atom is -0.451 e. The van der Waals surface area contributed by atoms with Crippen LogP contribution in [0.2, 0.25) is 0 Å². The molecule has 18 heavy (non-hydrogen) atoms. The monoisotopic (exact) mass is 336 g/mol. The molecular formula is C9H9BrN2O5S. The van der Waals surface area contributed by atoms with Gasteiger partial charge in [-0.25, -0.2) is 13.2 Å². The molecule has 2 atom stereocenters. The predicted molar refractivity (Wildman–Crippen MR) is 62.4 cm³/mol. The number of rotatable bonds is 2. The van der Waals surface area contributed by atoms with Crippen molar-refractivity contribution in [2.45, 2.75) is 17.2 Å². The van der Waals surface area contributed by atoms with Crippen LogP contribution in [-0.2, 0) is 14.8 Å². The minimum absolute atomic E-state index is 0.131. The van der Waals surface area contributed by atoms with Gasteiger partial charge in [-0.2, -0.15) is 4.31 Å². The number of furan rings is 1. The van der Waals surface area contributed by atoms with Crippen molar-refractivity contribution in [2.75, 3.05) is 13.1 Å². The highest BCUT2D eigenvalue weighted by molar-refractivity contribution is 9.10. The van der Waals surface area contributed by atoms with Gasteiger partial charge >= 0.3 is 6.09 Å². The zero-order valence-electron chi connectivity index (χ0n) is 9.00. The molecule has 2 fully saturated rings.